The predicted molar refractivity (Wildman–Crippen MR) is 66.9 cm³/mol. The maximum atomic E-state index is 4.59. The first-order valence-corrected chi connectivity index (χ1v) is 7.11. The molecule has 0 saturated heterocycles. The van der Waals surface area contributed by atoms with E-state index in [2.05, 4.69) is 28.5 Å². The summed E-state index contributed by atoms with van der Waals surface area (Å²) in [6.07, 6.45) is 5.19. The Morgan fingerprint density at radius 2 is 2.00 bits per heavy atom. The highest BCUT2D eigenvalue weighted by Gasteiger charge is 2.31. The fraction of sp³-hybridized carbons (Fsp3) is 0.833. The molecule has 1 N–H and O–H groups in total. The lowest BCUT2D eigenvalue weighted by Crippen LogP contribution is -2.23. The lowest BCUT2D eigenvalue weighted by Gasteiger charge is -2.18. The molecule has 0 amide bonds. The molecule has 3 rings (SSSR count). The molecule has 2 fully saturated rings. The first-order chi connectivity index (χ1) is 7.74. The third kappa shape index (κ3) is 1.95. The van der Waals surface area contributed by atoms with Gasteiger partial charge in [-0.3, -0.25) is 0 Å². The van der Waals surface area contributed by atoms with Crippen LogP contribution in [0.15, 0.2) is 0 Å². The van der Waals surface area contributed by atoms with Crippen molar-refractivity contribution in [2.45, 2.75) is 51.5 Å². The summed E-state index contributed by atoms with van der Waals surface area (Å²) in [5, 5.41) is 4.60. The highest BCUT2D eigenvalue weighted by Crippen LogP contribution is 2.40. The number of rotatable bonds is 3. The van der Waals surface area contributed by atoms with Crippen molar-refractivity contribution in [1.29, 1.82) is 0 Å². The second kappa shape index (κ2) is 3.99. The van der Waals surface area contributed by atoms with Crippen molar-refractivity contribution in [3.05, 3.63) is 5.82 Å². The van der Waals surface area contributed by atoms with Gasteiger partial charge >= 0.3 is 0 Å². The van der Waals surface area contributed by atoms with Gasteiger partial charge in [-0.05, 0) is 37.5 Å². The molecule has 0 aliphatic heterocycles. The Morgan fingerprint density at radius 1 is 1.19 bits per heavy atom. The van der Waals surface area contributed by atoms with E-state index in [0.29, 0.717) is 12.0 Å². The molecule has 0 radical (unpaired) electrons. The third-order valence-corrected chi connectivity index (χ3v) is 4.82. The van der Waals surface area contributed by atoms with Crippen LogP contribution < -0.4 is 5.32 Å². The summed E-state index contributed by atoms with van der Waals surface area (Å²) in [4.78, 5) is 4.59. The normalized spacial score (nSPS) is 34.2. The van der Waals surface area contributed by atoms with Crippen LogP contribution in [0.1, 0.15) is 51.3 Å². The highest BCUT2D eigenvalue weighted by atomic mass is 32.1. The van der Waals surface area contributed by atoms with Crippen molar-refractivity contribution in [3.8, 4) is 0 Å². The van der Waals surface area contributed by atoms with Gasteiger partial charge < -0.3 is 5.32 Å². The number of aromatic nitrogens is 2. The number of hydrogen-bond donors (Lipinski definition) is 1. The van der Waals surface area contributed by atoms with Crippen molar-refractivity contribution in [2.75, 3.05) is 5.32 Å². The highest BCUT2D eigenvalue weighted by molar-refractivity contribution is 7.09. The van der Waals surface area contributed by atoms with Crippen LogP contribution in [0.4, 0.5) is 5.13 Å². The van der Waals surface area contributed by atoms with Crippen LogP contribution in [0.2, 0.25) is 0 Å². The molecule has 3 atom stereocenters. The molecule has 2 aliphatic carbocycles. The maximum Gasteiger partial charge on any atom is 0.202 e. The van der Waals surface area contributed by atoms with Gasteiger partial charge in [-0.15, -0.1) is 0 Å². The molecule has 1 aromatic heterocycles. The van der Waals surface area contributed by atoms with Crippen LogP contribution in [-0.2, 0) is 0 Å². The smallest absolute Gasteiger partial charge is 0.202 e. The van der Waals surface area contributed by atoms with Gasteiger partial charge in [-0.2, -0.15) is 4.37 Å². The van der Waals surface area contributed by atoms with Crippen LogP contribution in [0.5, 0.6) is 0 Å². The van der Waals surface area contributed by atoms with Crippen molar-refractivity contribution < 1.29 is 0 Å². The van der Waals surface area contributed by atoms with Crippen LogP contribution in [0, 0.1) is 11.8 Å². The Balaban J connectivity index is 1.64. The summed E-state index contributed by atoms with van der Waals surface area (Å²) in [7, 11) is 0. The minimum atomic E-state index is 0.606. The molecule has 4 heteroatoms. The molecular formula is C12H19N3S. The lowest BCUT2D eigenvalue weighted by molar-refractivity contribution is 0.435. The number of hydrogen-bond acceptors (Lipinski definition) is 4. The summed E-state index contributed by atoms with van der Waals surface area (Å²) in [5.74, 6) is 3.35. The van der Waals surface area contributed by atoms with E-state index in [0.717, 1.165) is 22.8 Å². The number of nitrogens with one attached hydrogen (secondary N) is 1. The van der Waals surface area contributed by atoms with Gasteiger partial charge in [0.05, 0.1) is 0 Å². The SMILES string of the molecule is CC1CCC(Nc2nc(C3CC3)ns2)C1C. The third-order valence-electron chi connectivity index (χ3n) is 4.16. The Morgan fingerprint density at radius 3 is 2.62 bits per heavy atom. The molecule has 16 heavy (non-hydrogen) atoms. The van der Waals surface area contributed by atoms with E-state index < -0.39 is 0 Å². The van der Waals surface area contributed by atoms with Gasteiger partial charge in [-0.1, -0.05) is 13.8 Å². The fourth-order valence-electron chi connectivity index (χ4n) is 2.53. The maximum absolute atomic E-state index is 4.59. The second-order valence-corrected chi connectivity index (χ2v) is 6.15. The zero-order chi connectivity index (χ0) is 11.1. The zero-order valence-electron chi connectivity index (χ0n) is 9.94. The van der Waals surface area contributed by atoms with Gasteiger partial charge in [0, 0.05) is 23.5 Å². The average Bonchev–Trinajstić information content (AvgIpc) is 2.96. The Labute approximate surface area is 101 Å². The largest absolute Gasteiger partial charge is 0.357 e. The van der Waals surface area contributed by atoms with E-state index in [-0.39, 0.29) is 0 Å². The molecule has 1 heterocycles. The summed E-state index contributed by atoms with van der Waals surface area (Å²) < 4.78 is 4.43. The van der Waals surface area contributed by atoms with Gasteiger partial charge in [0.15, 0.2) is 0 Å². The molecule has 0 aromatic carbocycles. The van der Waals surface area contributed by atoms with E-state index in [9.17, 15) is 0 Å². The van der Waals surface area contributed by atoms with Crippen molar-refractivity contribution in [3.63, 3.8) is 0 Å². The van der Waals surface area contributed by atoms with Crippen molar-refractivity contribution in [1.82, 2.24) is 9.36 Å². The van der Waals surface area contributed by atoms with E-state index in [4.69, 9.17) is 0 Å². The Bertz CT molecular complexity index is 372. The van der Waals surface area contributed by atoms with E-state index in [1.54, 1.807) is 0 Å². The first kappa shape index (κ1) is 10.5. The zero-order valence-corrected chi connectivity index (χ0v) is 10.8. The predicted octanol–water partition coefficient (Wildman–Crippen LogP) is 3.26. The number of nitrogens with zero attached hydrogens (tertiary/aromatic N) is 2. The van der Waals surface area contributed by atoms with Gasteiger partial charge in [0.1, 0.15) is 5.82 Å². The van der Waals surface area contributed by atoms with Crippen LogP contribution in [0.3, 0.4) is 0 Å². The minimum Gasteiger partial charge on any atom is -0.357 e. The standard InChI is InChI=1S/C12H19N3S/c1-7-3-6-10(8(7)2)13-12-14-11(15-16-12)9-4-5-9/h7-10H,3-6H2,1-2H3,(H,13,14,15). The molecule has 3 unspecified atom stereocenters. The molecule has 1 aromatic rings. The van der Waals surface area contributed by atoms with Crippen molar-refractivity contribution >= 4 is 16.7 Å². The molecule has 88 valence electrons. The van der Waals surface area contributed by atoms with Gasteiger partial charge in [0.25, 0.3) is 0 Å². The minimum absolute atomic E-state index is 0.606. The van der Waals surface area contributed by atoms with Crippen LogP contribution in [-0.4, -0.2) is 15.4 Å². The van der Waals surface area contributed by atoms with Crippen LogP contribution in [0.25, 0.3) is 0 Å². The molecule has 3 nitrogen and oxygen atoms in total. The van der Waals surface area contributed by atoms with E-state index in [1.165, 1.54) is 37.2 Å². The summed E-state index contributed by atoms with van der Waals surface area (Å²) in [6.45, 7) is 4.69. The van der Waals surface area contributed by atoms with Crippen LogP contribution >= 0.6 is 11.5 Å². The van der Waals surface area contributed by atoms with E-state index >= 15 is 0 Å². The molecule has 0 bridgehead atoms. The molecule has 0 spiro atoms. The second-order valence-electron chi connectivity index (χ2n) is 5.40. The van der Waals surface area contributed by atoms with Gasteiger partial charge in [-0.25, -0.2) is 4.98 Å². The lowest BCUT2D eigenvalue weighted by atomic mass is 9.98. The Hall–Kier alpha value is -0.640. The summed E-state index contributed by atoms with van der Waals surface area (Å²) >= 11 is 1.54. The quantitative estimate of drug-likeness (QED) is 0.877. The summed E-state index contributed by atoms with van der Waals surface area (Å²) in [5.41, 5.74) is 0. The fourth-order valence-corrected chi connectivity index (χ4v) is 3.24. The number of anilines is 1. The topological polar surface area (TPSA) is 37.8 Å². The summed E-state index contributed by atoms with van der Waals surface area (Å²) in [6, 6.07) is 0.606. The molecule has 2 aliphatic rings. The first-order valence-electron chi connectivity index (χ1n) is 6.34. The Kier molecular flexibility index (Phi) is 2.62. The average molecular weight is 237 g/mol. The molecular weight excluding hydrogens is 218 g/mol. The monoisotopic (exact) mass is 237 g/mol. The molecule has 2 saturated carbocycles. The van der Waals surface area contributed by atoms with Gasteiger partial charge in [0.2, 0.25) is 5.13 Å². The van der Waals surface area contributed by atoms with Crippen molar-refractivity contribution in [2.24, 2.45) is 11.8 Å². The van der Waals surface area contributed by atoms with E-state index in [1.807, 2.05) is 0 Å².